The number of nitrogens with zero attached hydrogens (tertiary/aromatic N) is 2. The summed E-state index contributed by atoms with van der Waals surface area (Å²) in [5, 5.41) is 14.3. The van der Waals surface area contributed by atoms with E-state index < -0.39 is 24.0 Å². The molecule has 438 valence electrons. The Balaban J connectivity index is 0.784. The summed E-state index contributed by atoms with van der Waals surface area (Å²) < 4.78 is 71.0. The Hall–Kier alpha value is -4.89. The number of ether oxygens (including phenoxy) is 13. The zero-order chi connectivity index (χ0) is 55.3. The van der Waals surface area contributed by atoms with Gasteiger partial charge in [-0.3, -0.25) is 19.2 Å². The van der Waals surface area contributed by atoms with Crippen molar-refractivity contribution in [2.75, 3.05) is 185 Å². The quantitative estimate of drug-likeness (QED) is 0.0806. The van der Waals surface area contributed by atoms with E-state index in [4.69, 9.17) is 66.7 Å². The molecular weight excluding hydrogens is 1020 g/mol. The number of carbonyl (C=O) groups is 5. The number of hydrogen-bond acceptors (Lipinski definition) is 18. The second kappa shape index (κ2) is 39.5. The SMILES string of the molecule is COCCOCCOCCOCCOCCOCCOCCOCCOCCOCCOCCOCCC(=O)N1C[C@@H]2C[C@H]1CN2C(=O)CCC[C@H](NC(=O)OCC1c2ccccc2-c2ccccc21)C(=O)NCCC(=O)O. The number of aliphatic carboxylic acids is 1. The lowest BCUT2D eigenvalue weighted by molar-refractivity contribution is -0.140. The van der Waals surface area contributed by atoms with Crippen LogP contribution in [0.4, 0.5) is 4.79 Å². The molecular formula is C55H84N4O19. The number of likely N-dealkylation sites (tertiary alicyclic amines) is 2. The first kappa shape index (κ1) is 63.9. The minimum atomic E-state index is -1.07. The number of amides is 4. The average molecular weight is 1110 g/mol. The number of benzene rings is 2. The van der Waals surface area contributed by atoms with Crippen molar-refractivity contribution in [3.8, 4) is 11.1 Å². The molecule has 5 rings (SSSR count). The summed E-state index contributed by atoms with van der Waals surface area (Å²) in [5.74, 6) is -1.91. The van der Waals surface area contributed by atoms with Crippen LogP contribution in [0.5, 0.6) is 0 Å². The van der Waals surface area contributed by atoms with Crippen LogP contribution in [0.25, 0.3) is 11.1 Å². The number of fused-ring (bicyclic) bond motifs is 5. The van der Waals surface area contributed by atoms with Gasteiger partial charge in [-0.15, -0.1) is 0 Å². The normalized spacial score (nSPS) is 15.9. The van der Waals surface area contributed by atoms with Gasteiger partial charge in [0.05, 0.1) is 177 Å². The third-order valence-corrected chi connectivity index (χ3v) is 13.0. The van der Waals surface area contributed by atoms with Gasteiger partial charge in [-0.1, -0.05) is 48.5 Å². The molecule has 1 aliphatic carbocycles. The predicted molar refractivity (Wildman–Crippen MR) is 282 cm³/mol. The Kier molecular flexibility index (Phi) is 32.4. The maximum absolute atomic E-state index is 13.4. The van der Waals surface area contributed by atoms with Crippen LogP contribution in [-0.4, -0.2) is 248 Å². The van der Waals surface area contributed by atoms with Crippen LogP contribution in [-0.2, 0) is 80.8 Å². The van der Waals surface area contributed by atoms with E-state index in [0.29, 0.717) is 165 Å². The Bertz CT molecular complexity index is 1970. The van der Waals surface area contributed by atoms with E-state index in [1.165, 1.54) is 0 Å². The standard InChI is InChI=1S/C55H84N4O19/c1-66-17-18-68-21-22-70-25-26-72-29-30-74-33-34-76-37-38-77-36-35-75-32-31-73-28-27-71-24-23-69-20-19-67-16-14-52(61)59-41-43-39-44(59)40-58(43)51(60)12-6-11-50(54(64)56-15-13-53(62)63)57-55(65)78-42-49-47-9-4-2-7-45(47)46-8-3-5-10-48(46)49/h2-5,7-10,43-44,49-50H,6,11-42H2,1H3,(H,56,64)(H,57,65)(H,62,63)/t43-,44-,50-/m0/s1. The maximum atomic E-state index is 13.4. The van der Waals surface area contributed by atoms with E-state index >= 15 is 0 Å². The third-order valence-electron chi connectivity index (χ3n) is 13.0. The molecule has 0 aromatic heterocycles. The van der Waals surface area contributed by atoms with E-state index in [1.54, 1.807) is 12.0 Å². The zero-order valence-corrected chi connectivity index (χ0v) is 45.5. The first-order valence-corrected chi connectivity index (χ1v) is 27.3. The highest BCUT2D eigenvalue weighted by molar-refractivity contribution is 5.86. The minimum Gasteiger partial charge on any atom is -0.481 e. The highest BCUT2D eigenvalue weighted by atomic mass is 16.6. The second-order valence-electron chi connectivity index (χ2n) is 18.5. The Morgan fingerprint density at radius 2 is 0.910 bits per heavy atom. The van der Waals surface area contributed by atoms with Gasteiger partial charge in [-0.05, 0) is 41.5 Å². The van der Waals surface area contributed by atoms with Crippen molar-refractivity contribution in [2.45, 2.75) is 62.6 Å². The van der Waals surface area contributed by atoms with Gasteiger partial charge in [0, 0.05) is 39.1 Å². The summed E-state index contributed by atoms with van der Waals surface area (Å²) in [6, 6.07) is 14.7. The predicted octanol–water partition coefficient (Wildman–Crippen LogP) is 2.69. The van der Waals surface area contributed by atoms with Crippen LogP contribution in [0, 0.1) is 0 Å². The monoisotopic (exact) mass is 1100 g/mol. The molecule has 2 heterocycles. The molecule has 3 aliphatic rings. The number of alkyl carbamates (subject to hydrolysis) is 1. The number of nitrogens with one attached hydrogen (secondary N) is 2. The molecule has 2 aromatic rings. The lowest BCUT2D eigenvalue weighted by atomic mass is 9.98. The molecule has 0 radical (unpaired) electrons. The average Bonchev–Trinajstić information content (AvgIpc) is 4.21. The van der Waals surface area contributed by atoms with Gasteiger partial charge in [-0.2, -0.15) is 0 Å². The molecule has 2 saturated heterocycles. The van der Waals surface area contributed by atoms with Crippen LogP contribution in [0.1, 0.15) is 55.6 Å². The molecule has 3 atom stereocenters. The fourth-order valence-corrected chi connectivity index (χ4v) is 9.09. The van der Waals surface area contributed by atoms with Crippen molar-refractivity contribution < 1.29 is 90.7 Å². The second-order valence-corrected chi connectivity index (χ2v) is 18.5. The summed E-state index contributed by atoms with van der Waals surface area (Å²) >= 11 is 0. The molecule has 4 amide bonds. The number of rotatable bonds is 47. The highest BCUT2D eigenvalue weighted by Gasteiger charge is 2.46. The molecule has 0 saturated carbocycles. The van der Waals surface area contributed by atoms with Crippen molar-refractivity contribution >= 4 is 29.8 Å². The summed E-state index contributed by atoms with van der Waals surface area (Å²) in [6.45, 7) is 11.4. The van der Waals surface area contributed by atoms with Crippen molar-refractivity contribution in [3.63, 3.8) is 0 Å². The van der Waals surface area contributed by atoms with Gasteiger partial charge in [0.25, 0.3) is 0 Å². The van der Waals surface area contributed by atoms with Crippen LogP contribution < -0.4 is 10.6 Å². The van der Waals surface area contributed by atoms with Crippen LogP contribution in [0.15, 0.2) is 48.5 Å². The lowest BCUT2D eigenvalue weighted by Gasteiger charge is -2.34. The van der Waals surface area contributed by atoms with Crippen molar-refractivity contribution in [1.82, 2.24) is 20.4 Å². The Labute approximate surface area is 458 Å². The van der Waals surface area contributed by atoms with Crippen molar-refractivity contribution in [2.24, 2.45) is 0 Å². The molecule has 23 nitrogen and oxygen atoms in total. The summed E-state index contributed by atoms with van der Waals surface area (Å²) in [6.07, 6.45) is 0.412. The number of piperazine rings is 1. The van der Waals surface area contributed by atoms with Gasteiger partial charge in [0.15, 0.2) is 0 Å². The first-order valence-electron chi connectivity index (χ1n) is 27.3. The Morgan fingerprint density at radius 3 is 1.31 bits per heavy atom. The highest BCUT2D eigenvalue weighted by Crippen LogP contribution is 2.44. The topological polar surface area (TPSA) is 256 Å². The molecule has 2 bridgehead atoms. The van der Waals surface area contributed by atoms with Gasteiger partial charge < -0.3 is 87.1 Å². The summed E-state index contributed by atoms with van der Waals surface area (Å²) in [7, 11) is 1.64. The smallest absolute Gasteiger partial charge is 0.407 e. The van der Waals surface area contributed by atoms with Crippen molar-refractivity contribution in [1.29, 1.82) is 0 Å². The van der Waals surface area contributed by atoms with E-state index in [2.05, 4.69) is 10.6 Å². The van der Waals surface area contributed by atoms with Crippen LogP contribution in [0.3, 0.4) is 0 Å². The lowest BCUT2D eigenvalue weighted by Crippen LogP contribution is -2.51. The molecule has 0 spiro atoms. The number of hydrogen-bond donors (Lipinski definition) is 3. The number of carboxylic acid groups (broad SMARTS) is 1. The van der Waals surface area contributed by atoms with Gasteiger partial charge >= 0.3 is 12.1 Å². The number of carbonyl (C=O) groups excluding carboxylic acids is 4. The number of methoxy groups -OCH3 is 1. The minimum absolute atomic E-state index is 0.0209. The molecule has 23 heteroatoms. The summed E-state index contributed by atoms with van der Waals surface area (Å²) in [5.41, 5.74) is 4.26. The van der Waals surface area contributed by atoms with Crippen LogP contribution in [0.2, 0.25) is 0 Å². The molecule has 2 fully saturated rings. The van der Waals surface area contributed by atoms with Gasteiger partial charge in [0.1, 0.15) is 12.6 Å². The summed E-state index contributed by atoms with van der Waals surface area (Å²) in [4.78, 5) is 67.5. The fourth-order valence-electron chi connectivity index (χ4n) is 9.09. The zero-order valence-electron chi connectivity index (χ0n) is 45.5. The van der Waals surface area contributed by atoms with E-state index in [-0.39, 0.29) is 81.7 Å². The van der Waals surface area contributed by atoms with Crippen molar-refractivity contribution in [3.05, 3.63) is 59.7 Å². The molecule has 2 aliphatic heterocycles. The number of carboxylic acids is 1. The Morgan fingerprint density at radius 1 is 0.526 bits per heavy atom. The molecule has 3 N–H and O–H groups in total. The van der Waals surface area contributed by atoms with Crippen LogP contribution >= 0.6 is 0 Å². The molecule has 2 aromatic carbocycles. The van der Waals surface area contributed by atoms with E-state index in [1.807, 2.05) is 53.4 Å². The largest absolute Gasteiger partial charge is 0.481 e. The third kappa shape index (κ3) is 24.6. The molecule has 0 unspecified atom stereocenters. The van der Waals surface area contributed by atoms with Gasteiger partial charge in [0.2, 0.25) is 17.7 Å². The maximum Gasteiger partial charge on any atom is 0.407 e. The van der Waals surface area contributed by atoms with E-state index in [9.17, 15) is 24.0 Å². The fraction of sp³-hybridized carbons (Fsp3) is 0.691. The first-order chi connectivity index (χ1) is 38.3. The molecule has 78 heavy (non-hydrogen) atoms. The van der Waals surface area contributed by atoms with Gasteiger partial charge in [-0.25, -0.2) is 4.79 Å². The van der Waals surface area contributed by atoms with E-state index in [0.717, 1.165) is 22.3 Å².